The minimum atomic E-state index is -1.86. The summed E-state index contributed by atoms with van der Waals surface area (Å²) in [5.74, 6) is -3.94. The van der Waals surface area contributed by atoms with Crippen LogP contribution in [0, 0.1) is 11.3 Å². The summed E-state index contributed by atoms with van der Waals surface area (Å²) in [7, 11) is 0. The van der Waals surface area contributed by atoms with Crippen LogP contribution in [0.1, 0.15) is 67.9 Å². The quantitative estimate of drug-likeness (QED) is 0.0779. The largest absolute Gasteiger partial charge is 0.462 e. The molecule has 2 heterocycles. The van der Waals surface area contributed by atoms with E-state index in [4.69, 9.17) is 9.47 Å². The molecule has 3 aliphatic rings. The fourth-order valence-corrected chi connectivity index (χ4v) is 9.20. The third-order valence-electron chi connectivity index (χ3n) is 9.56. The molecule has 0 bridgehead atoms. The van der Waals surface area contributed by atoms with E-state index in [9.17, 15) is 19.5 Å². The molecule has 0 aromatic heterocycles. The van der Waals surface area contributed by atoms with Crippen LogP contribution in [-0.4, -0.2) is 50.4 Å². The van der Waals surface area contributed by atoms with E-state index in [1.807, 2.05) is 80.6 Å². The van der Waals surface area contributed by atoms with Gasteiger partial charge in [-0.25, -0.2) is 4.79 Å². The number of aliphatic hydroxyl groups is 1. The lowest BCUT2D eigenvalue weighted by Crippen LogP contribution is -2.73. The Kier molecular flexibility index (Phi) is 8.98. The van der Waals surface area contributed by atoms with E-state index in [1.165, 1.54) is 0 Å². The number of ether oxygens (including phenoxy) is 2. The van der Waals surface area contributed by atoms with Gasteiger partial charge in [-0.15, -0.1) is 11.8 Å². The van der Waals surface area contributed by atoms with Gasteiger partial charge in [-0.2, -0.15) is 0 Å². The van der Waals surface area contributed by atoms with Crippen molar-refractivity contribution in [1.82, 2.24) is 4.90 Å². The molecule has 3 unspecified atom stereocenters. The SMILES string of the molecule is CCCCCOC(=O)C1=CCC2(C(=O)N3[C@@H](C(O)(OCc4ccccc4)c4ccccc4)C(C)(C)S[C@@H]32)C1C(=O)c1ccccc1. The minimum absolute atomic E-state index is 0.131. The van der Waals surface area contributed by atoms with Gasteiger partial charge in [-0.1, -0.05) is 117 Å². The highest BCUT2D eigenvalue weighted by atomic mass is 32.2. The highest BCUT2D eigenvalue weighted by Gasteiger charge is 2.77. The van der Waals surface area contributed by atoms with Crippen LogP contribution in [0.3, 0.4) is 0 Å². The molecule has 1 spiro atoms. The minimum Gasteiger partial charge on any atom is -0.462 e. The van der Waals surface area contributed by atoms with Gasteiger partial charge in [-0.3, -0.25) is 9.59 Å². The Morgan fingerprint density at radius 2 is 1.59 bits per heavy atom. The Balaban J connectivity index is 1.37. The number of Topliss-reactive ketones (excluding diaryl/α,β-unsaturated/α-hetero) is 1. The van der Waals surface area contributed by atoms with Gasteiger partial charge in [-0.05, 0) is 32.3 Å². The number of β-lactam (4-membered cyclic amide) rings is 1. The molecule has 5 atom stereocenters. The zero-order valence-corrected chi connectivity index (χ0v) is 27.4. The molecular formula is C38H41NO6S. The summed E-state index contributed by atoms with van der Waals surface area (Å²) in [5.41, 5.74) is 0.934. The van der Waals surface area contributed by atoms with E-state index < -0.39 is 39.3 Å². The Labute approximate surface area is 275 Å². The number of fused-ring (bicyclic) bond motifs is 2. The Morgan fingerprint density at radius 3 is 2.24 bits per heavy atom. The lowest BCUT2D eigenvalue weighted by molar-refractivity contribution is -0.270. The fraction of sp³-hybridized carbons (Fsp3) is 0.395. The number of ketones is 1. The van der Waals surface area contributed by atoms with Crippen LogP contribution in [0.15, 0.2) is 103 Å². The lowest BCUT2D eigenvalue weighted by atomic mass is 9.64. The number of rotatable bonds is 12. The Bertz CT molecular complexity index is 1610. The van der Waals surface area contributed by atoms with Crippen molar-refractivity contribution in [3.63, 3.8) is 0 Å². The van der Waals surface area contributed by atoms with Gasteiger partial charge in [0.05, 0.1) is 29.9 Å². The number of carbonyl (C=O) groups excluding carboxylic acids is 3. The lowest BCUT2D eigenvalue weighted by Gasteiger charge is -2.56. The number of hydrogen-bond acceptors (Lipinski definition) is 7. The molecule has 1 N–H and O–H groups in total. The Morgan fingerprint density at radius 1 is 0.957 bits per heavy atom. The summed E-state index contributed by atoms with van der Waals surface area (Å²) in [6.45, 7) is 6.47. The molecule has 1 amide bonds. The average molecular weight is 640 g/mol. The van der Waals surface area contributed by atoms with Gasteiger partial charge in [0.15, 0.2) is 5.78 Å². The maximum atomic E-state index is 14.7. The van der Waals surface area contributed by atoms with Crippen LogP contribution in [0.4, 0.5) is 0 Å². The van der Waals surface area contributed by atoms with Gasteiger partial charge in [0.1, 0.15) is 6.04 Å². The van der Waals surface area contributed by atoms with Crippen molar-refractivity contribution < 1.29 is 29.0 Å². The first-order chi connectivity index (χ1) is 22.1. The fourth-order valence-electron chi connectivity index (χ4n) is 7.35. The van der Waals surface area contributed by atoms with E-state index >= 15 is 0 Å². The van der Waals surface area contributed by atoms with Crippen LogP contribution in [-0.2, 0) is 31.5 Å². The van der Waals surface area contributed by atoms with E-state index in [2.05, 4.69) is 6.92 Å². The first kappa shape index (κ1) is 32.2. The molecular weight excluding hydrogens is 598 g/mol. The van der Waals surface area contributed by atoms with E-state index in [0.717, 1.165) is 24.8 Å². The van der Waals surface area contributed by atoms with Crippen molar-refractivity contribution in [2.75, 3.05) is 6.61 Å². The molecule has 46 heavy (non-hydrogen) atoms. The van der Waals surface area contributed by atoms with Crippen molar-refractivity contribution in [1.29, 1.82) is 0 Å². The molecule has 3 aromatic rings. The molecule has 2 fully saturated rings. The second-order valence-electron chi connectivity index (χ2n) is 12.9. The standard InChI is InChI=1S/C38H41NO6S/c1-4-5-15-24-44-32(41)29-22-23-37(30(29)31(40)27-18-11-7-12-19-27)34(42)39-33(36(2,3)46-35(37)39)38(43,28-20-13-8-14-21-28)45-25-26-16-9-6-10-17-26/h6-14,16-22,30,33,35,43H,4-5,15,23-25H2,1-3H3/t30?,33-,35-,37?,38?/m1/s1. The van der Waals surface area contributed by atoms with Crippen molar-refractivity contribution in [2.45, 2.75) is 75.0 Å². The molecule has 6 rings (SSSR count). The number of esters is 1. The van der Waals surface area contributed by atoms with Crippen molar-refractivity contribution in [2.24, 2.45) is 11.3 Å². The maximum Gasteiger partial charge on any atom is 0.334 e. The molecule has 0 radical (unpaired) electrons. The summed E-state index contributed by atoms with van der Waals surface area (Å²) < 4.78 is 11.4. The topological polar surface area (TPSA) is 93.1 Å². The second kappa shape index (κ2) is 12.8. The number of hydrogen-bond donors (Lipinski definition) is 1. The molecule has 2 saturated heterocycles. The van der Waals surface area contributed by atoms with E-state index in [1.54, 1.807) is 47.0 Å². The van der Waals surface area contributed by atoms with Gasteiger partial charge < -0.3 is 19.5 Å². The number of benzene rings is 3. The summed E-state index contributed by atoms with van der Waals surface area (Å²) >= 11 is 1.55. The molecule has 0 saturated carbocycles. The van der Waals surface area contributed by atoms with Crippen molar-refractivity contribution >= 4 is 29.4 Å². The second-order valence-corrected chi connectivity index (χ2v) is 14.7. The van der Waals surface area contributed by atoms with Crippen molar-refractivity contribution in [3.05, 3.63) is 119 Å². The van der Waals surface area contributed by atoms with Crippen LogP contribution in [0.2, 0.25) is 0 Å². The van der Waals surface area contributed by atoms with Crippen LogP contribution >= 0.6 is 11.8 Å². The normalized spacial score (nSPS) is 25.8. The summed E-state index contributed by atoms with van der Waals surface area (Å²) in [5, 5.41) is 12.1. The third-order valence-corrected chi connectivity index (χ3v) is 11.3. The number of nitrogens with zero attached hydrogens (tertiary/aromatic N) is 1. The Hall–Kier alpha value is -3.72. The van der Waals surface area contributed by atoms with Gasteiger partial charge >= 0.3 is 5.97 Å². The predicted molar refractivity (Wildman–Crippen MR) is 178 cm³/mol. The zero-order chi connectivity index (χ0) is 32.5. The van der Waals surface area contributed by atoms with Gasteiger partial charge in [0.2, 0.25) is 11.7 Å². The molecule has 8 heteroatoms. The predicted octanol–water partition coefficient (Wildman–Crippen LogP) is 6.66. The molecule has 2 aliphatic heterocycles. The van der Waals surface area contributed by atoms with E-state index in [-0.39, 0.29) is 36.9 Å². The summed E-state index contributed by atoms with van der Waals surface area (Å²) in [4.78, 5) is 44.2. The highest BCUT2D eigenvalue weighted by molar-refractivity contribution is 8.01. The number of amides is 1. The molecule has 7 nitrogen and oxygen atoms in total. The first-order valence-electron chi connectivity index (χ1n) is 16.1. The van der Waals surface area contributed by atoms with E-state index in [0.29, 0.717) is 11.1 Å². The summed E-state index contributed by atoms with van der Waals surface area (Å²) in [6, 6.07) is 26.8. The van der Waals surface area contributed by atoms with Gasteiger partial charge in [0, 0.05) is 21.4 Å². The zero-order valence-electron chi connectivity index (χ0n) is 26.6. The number of allylic oxidation sites excluding steroid dienone is 1. The highest BCUT2D eigenvalue weighted by Crippen LogP contribution is 2.68. The smallest absolute Gasteiger partial charge is 0.334 e. The molecule has 1 aliphatic carbocycles. The molecule has 3 aromatic carbocycles. The van der Waals surface area contributed by atoms with Crippen LogP contribution in [0.5, 0.6) is 0 Å². The molecule has 240 valence electrons. The summed E-state index contributed by atoms with van der Waals surface area (Å²) in [6.07, 6.45) is 4.63. The maximum absolute atomic E-state index is 14.7. The van der Waals surface area contributed by atoms with Gasteiger partial charge in [0.25, 0.3) is 0 Å². The number of carbonyl (C=O) groups is 3. The monoisotopic (exact) mass is 639 g/mol. The van der Waals surface area contributed by atoms with Crippen LogP contribution in [0.25, 0.3) is 0 Å². The third kappa shape index (κ3) is 5.40. The van der Waals surface area contributed by atoms with Crippen molar-refractivity contribution in [3.8, 4) is 0 Å². The number of unbranched alkanes of at least 4 members (excludes halogenated alkanes) is 2. The van der Waals surface area contributed by atoms with Crippen LogP contribution < -0.4 is 0 Å². The first-order valence-corrected chi connectivity index (χ1v) is 17.0. The average Bonchev–Trinajstić information content (AvgIpc) is 3.62. The number of thioether (sulfide) groups is 1.